The number of carbonyl (C=O) groups is 2. The Labute approximate surface area is 214 Å². The van der Waals surface area contributed by atoms with E-state index in [0.29, 0.717) is 24.1 Å². The standard InChI is InChI=1S/C14H17F2NO2.C12H15N3O3/c1-10(17-6-14(7-17)8-18-9-14)5-19-12-4-2-3-11(15)13(12)16;1-7-2-3-10(18-7)12(17)15-8-4-5-14-9(6-8)11(13)16/h2-4,10H,5-9H2,1H3;4-7,10H,2-3H2,1H3,(H2,13,16)(H,14,15,17). The third-order valence-corrected chi connectivity index (χ3v) is 6.72. The molecule has 0 bridgehead atoms. The lowest BCUT2D eigenvalue weighted by Gasteiger charge is -2.56. The minimum absolute atomic E-state index is 0.0194. The van der Waals surface area contributed by atoms with Crippen molar-refractivity contribution in [1.82, 2.24) is 9.88 Å². The molecule has 3 aliphatic heterocycles. The molecule has 0 saturated carbocycles. The van der Waals surface area contributed by atoms with Gasteiger partial charge in [0, 0.05) is 36.4 Å². The lowest BCUT2D eigenvalue weighted by atomic mass is 9.77. The van der Waals surface area contributed by atoms with Gasteiger partial charge in [0.05, 0.1) is 19.3 Å². The van der Waals surface area contributed by atoms with Gasteiger partial charge in [-0.2, -0.15) is 4.39 Å². The first-order chi connectivity index (χ1) is 17.7. The van der Waals surface area contributed by atoms with Crippen molar-refractivity contribution in [2.75, 3.05) is 38.2 Å². The Morgan fingerprint density at radius 2 is 2.03 bits per heavy atom. The summed E-state index contributed by atoms with van der Waals surface area (Å²) in [4.78, 5) is 28.9. The normalized spacial score (nSPS) is 22.7. The zero-order valence-electron chi connectivity index (χ0n) is 20.9. The van der Waals surface area contributed by atoms with Gasteiger partial charge in [-0.1, -0.05) is 6.07 Å². The number of pyridine rings is 1. The van der Waals surface area contributed by atoms with Gasteiger partial charge >= 0.3 is 0 Å². The Balaban J connectivity index is 0.000000173. The number of hydrogen-bond donors (Lipinski definition) is 2. The van der Waals surface area contributed by atoms with Crippen molar-refractivity contribution in [3.8, 4) is 5.75 Å². The smallest absolute Gasteiger partial charge is 0.267 e. The molecule has 3 fully saturated rings. The van der Waals surface area contributed by atoms with Gasteiger partial charge in [0.2, 0.25) is 5.82 Å². The summed E-state index contributed by atoms with van der Waals surface area (Å²) in [5.41, 5.74) is 6.09. The zero-order chi connectivity index (χ0) is 26.6. The second-order valence-electron chi connectivity index (χ2n) is 9.91. The van der Waals surface area contributed by atoms with Crippen LogP contribution in [0.3, 0.4) is 0 Å². The zero-order valence-corrected chi connectivity index (χ0v) is 20.9. The molecule has 9 nitrogen and oxygen atoms in total. The second kappa shape index (κ2) is 11.5. The molecule has 1 aromatic carbocycles. The summed E-state index contributed by atoms with van der Waals surface area (Å²) in [5, 5.41) is 2.69. The number of hydrogen-bond acceptors (Lipinski definition) is 7. The van der Waals surface area contributed by atoms with Crippen LogP contribution in [0.25, 0.3) is 0 Å². The third kappa shape index (κ3) is 6.60. The van der Waals surface area contributed by atoms with Crippen LogP contribution >= 0.6 is 0 Å². The first-order valence-corrected chi connectivity index (χ1v) is 12.3. The fourth-order valence-corrected chi connectivity index (χ4v) is 4.47. The topological polar surface area (TPSA) is 116 Å². The Morgan fingerprint density at radius 1 is 1.27 bits per heavy atom. The van der Waals surface area contributed by atoms with E-state index in [1.54, 1.807) is 6.07 Å². The number of aromatic nitrogens is 1. The highest BCUT2D eigenvalue weighted by Crippen LogP contribution is 2.38. The summed E-state index contributed by atoms with van der Waals surface area (Å²) in [5.74, 6) is -2.64. The van der Waals surface area contributed by atoms with Crippen LogP contribution in [0.2, 0.25) is 0 Å². The summed E-state index contributed by atoms with van der Waals surface area (Å²) in [6.07, 6.45) is 2.69. The van der Waals surface area contributed by atoms with E-state index in [-0.39, 0.29) is 29.5 Å². The number of likely N-dealkylation sites (tertiary alicyclic amines) is 1. The van der Waals surface area contributed by atoms with E-state index < -0.39 is 23.6 Å². The lowest BCUT2D eigenvalue weighted by molar-refractivity contribution is -0.198. The monoisotopic (exact) mass is 518 g/mol. The molecule has 0 aliphatic carbocycles. The second-order valence-corrected chi connectivity index (χ2v) is 9.91. The summed E-state index contributed by atoms with van der Waals surface area (Å²) >= 11 is 0. The van der Waals surface area contributed by atoms with Gasteiger partial charge in [-0.25, -0.2) is 4.39 Å². The fraction of sp³-hybridized carbons (Fsp3) is 0.500. The van der Waals surface area contributed by atoms with Crippen LogP contribution in [0.15, 0.2) is 36.5 Å². The molecule has 1 spiro atoms. The first-order valence-electron chi connectivity index (χ1n) is 12.3. The van der Waals surface area contributed by atoms with Crippen molar-refractivity contribution in [1.29, 1.82) is 0 Å². The average Bonchev–Trinajstić information content (AvgIpc) is 3.25. The van der Waals surface area contributed by atoms with E-state index in [9.17, 15) is 18.4 Å². The highest BCUT2D eigenvalue weighted by Gasteiger charge is 2.50. The number of amides is 2. The molecule has 2 aromatic rings. The van der Waals surface area contributed by atoms with Crippen LogP contribution < -0.4 is 15.8 Å². The molecule has 200 valence electrons. The molecule has 3 aliphatic rings. The maximum atomic E-state index is 13.4. The summed E-state index contributed by atoms with van der Waals surface area (Å²) in [6, 6.07) is 7.21. The van der Waals surface area contributed by atoms with Gasteiger partial charge < -0.3 is 25.3 Å². The fourth-order valence-electron chi connectivity index (χ4n) is 4.47. The minimum atomic E-state index is -0.915. The van der Waals surface area contributed by atoms with Crippen molar-refractivity contribution < 1.29 is 32.6 Å². The molecule has 0 radical (unpaired) electrons. The number of nitrogens with zero attached hydrogens (tertiary/aromatic N) is 2. The van der Waals surface area contributed by atoms with Crippen LogP contribution in [0, 0.1) is 17.0 Å². The van der Waals surface area contributed by atoms with Gasteiger partial charge in [-0.15, -0.1) is 0 Å². The van der Waals surface area contributed by atoms with Crippen LogP contribution in [0.1, 0.15) is 37.2 Å². The number of primary amides is 1. The molecular formula is C26H32F2N4O5. The summed E-state index contributed by atoms with van der Waals surface area (Å²) in [7, 11) is 0. The summed E-state index contributed by atoms with van der Waals surface area (Å²) in [6.45, 7) is 8.02. The highest BCUT2D eigenvalue weighted by molar-refractivity contribution is 5.96. The number of carbonyl (C=O) groups excluding carboxylic acids is 2. The maximum absolute atomic E-state index is 13.4. The number of nitrogens with one attached hydrogen (secondary N) is 1. The number of benzene rings is 1. The Morgan fingerprint density at radius 3 is 2.65 bits per heavy atom. The van der Waals surface area contributed by atoms with E-state index in [4.69, 9.17) is 19.9 Å². The molecule has 3 unspecified atom stereocenters. The van der Waals surface area contributed by atoms with Crippen LogP contribution in [-0.4, -0.2) is 72.9 Å². The highest BCUT2D eigenvalue weighted by atomic mass is 19.2. The molecule has 2 amide bonds. The molecule has 3 atom stereocenters. The first kappa shape index (κ1) is 26.9. The van der Waals surface area contributed by atoms with Gasteiger partial charge in [-0.05, 0) is 51.0 Å². The van der Waals surface area contributed by atoms with E-state index in [1.807, 2.05) is 13.8 Å². The molecule has 3 N–H and O–H groups in total. The number of rotatable bonds is 7. The van der Waals surface area contributed by atoms with Crippen molar-refractivity contribution in [3.63, 3.8) is 0 Å². The molecule has 5 rings (SSSR count). The predicted octanol–water partition coefficient (Wildman–Crippen LogP) is 2.75. The SMILES string of the molecule is CC(COc1cccc(F)c1F)N1CC2(COC2)C1.CC1CCC(C(=O)Nc2ccnc(C(N)=O)c2)O1. The largest absolute Gasteiger partial charge is 0.489 e. The third-order valence-electron chi connectivity index (χ3n) is 6.72. The Hall–Kier alpha value is -3.15. The predicted molar refractivity (Wildman–Crippen MR) is 131 cm³/mol. The molecule has 3 saturated heterocycles. The minimum Gasteiger partial charge on any atom is -0.489 e. The summed E-state index contributed by atoms with van der Waals surface area (Å²) < 4.78 is 42.5. The molecule has 4 heterocycles. The molecular weight excluding hydrogens is 486 g/mol. The van der Waals surface area contributed by atoms with Crippen LogP contribution in [0.4, 0.5) is 14.5 Å². The van der Waals surface area contributed by atoms with Gasteiger partial charge in [0.1, 0.15) is 18.4 Å². The van der Waals surface area contributed by atoms with Gasteiger partial charge in [-0.3, -0.25) is 19.5 Å². The van der Waals surface area contributed by atoms with Crippen LogP contribution in [-0.2, 0) is 14.3 Å². The van der Waals surface area contributed by atoms with E-state index in [1.165, 1.54) is 24.4 Å². The molecule has 11 heteroatoms. The Bertz CT molecular complexity index is 1120. The van der Waals surface area contributed by atoms with Crippen LogP contribution in [0.5, 0.6) is 5.75 Å². The quantitative estimate of drug-likeness (QED) is 0.579. The number of ether oxygens (including phenoxy) is 3. The maximum Gasteiger partial charge on any atom is 0.267 e. The Kier molecular flexibility index (Phi) is 8.35. The number of anilines is 1. The number of halogens is 2. The number of nitrogens with two attached hydrogens (primary N) is 1. The van der Waals surface area contributed by atoms with E-state index in [2.05, 4.69) is 15.2 Å². The van der Waals surface area contributed by atoms with Crippen molar-refractivity contribution in [2.24, 2.45) is 11.1 Å². The van der Waals surface area contributed by atoms with Gasteiger partial charge in [0.25, 0.3) is 11.8 Å². The molecule has 37 heavy (non-hydrogen) atoms. The average molecular weight is 519 g/mol. The van der Waals surface area contributed by atoms with Gasteiger partial charge in [0.15, 0.2) is 11.6 Å². The molecule has 1 aromatic heterocycles. The van der Waals surface area contributed by atoms with Crippen molar-refractivity contribution in [2.45, 2.75) is 44.9 Å². The van der Waals surface area contributed by atoms with Crippen molar-refractivity contribution >= 4 is 17.5 Å². The lowest BCUT2D eigenvalue weighted by Crippen LogP contribution is -2.68. The van der Waals surface area contributed by atoms with Crippen molar-refractivity contribution in [3.05, 3.63) is 53.9 Å². The van der Waals surface area contributed by atoms with E-state index in [0.717, 1.165) is 38.8 Å². The van der Waals surface area contributed by atoms with E-state index >= 15 is 0 Å².